The van der Waals surface area contributed by atoms with Crippen LogP contribution >= 0.6 is 23.2 Å². The summed E-state index contributed by atoms with van der Waals surface area (Å²) in [7, 11) is 1.22. The number of esters is 1. The number of methoxy groups -OCH3 is 1. The van der Waals surface area contributed by atoms with E-state index in [1.807, 2.05) is 0 Å². The van der Waals surface area contributed by atoms with Crippen LogP contribution in [-0.4, -0.2) is 22.9 Å². The molecule has 1 aromatic heterocycles. The summed E-state index contributed by atoms with van der Waals surface area (Å²) in [5, 5.41) is 5.61. The molecular weight excluding hydrogens is 416 g/mol. The van der Waals surface area contributed by atoms with Gasteiger partial charge in [-0.3, -0.25) is 4.68 Å². The topological polar surface area (TPSA) is 44.1 Å². The lowest BCUT2D eigenvalue weighted by molar-refractivity contribution is -0.137. The number of fused-ring (bicyclic) bond motifs is 1. The van der Waals surface area contributed by atoms with Crippen molar-refractivity contribution in [3.63, 3.8) is 0 Å². The maximum absolute atomic E-state index is 13.1. The number of hydrogen-bond donors (Lipinski definition) is 0. The Morgan fingerprint density at radius 2 is 1.96 bits per heavy atom. The molecule has 28 heavy (non-hydrogen) atoms. The Balaban J connectivity index is 2.13. The molecule has 146 valence electrons. The van der Waals surface area contributed by atoms with Gasteiger partial charge in [-0.25, -0.2) is 4.79 Å². The van der Waals surface area contributed by atoms with Gasteiger partial charge in [-0.15, -0.1) is 0 Å². The van der Waals surface area contributed by atoms with Gasteiger partial charge in [0.15, 0.2) is 0 Å². The van der Waals surface area contributed by atoms with Gasteiger partial charge in [-0.05, 0) is 42.0 Å². The number of alkyl halides is 3. The van der Waals surface area contributed by atoms with Crippen molar-refractivity contribution < 1.29 is 22.7 Å². The maximum Gasteiger partial charge on any atom is 0.416 e. The Bertz CT molecular complexity index is 1070. The first-order chi connectivity index (χ1) is 13.2. The van der Waals surface area contributed by atoms with E-state index in [2.05, 4.69) is 9.84 Å². The number of aromatic nitrogens is 2. The fourth-order valence-corrected chi connectivity index (χ4v) is 3.11. The molecule has 0 saturated heterocycles. The predicted molar refractivity (Wildman–Crippen MR) is 101 cm³/mol. The third kappa shape index (κ3) is 4.31. The first-order valence-corrected chi connectivity index (χ1v) is 8.72. The number of ether oxygens (including phenoxy) is 1. The Morgan fingerprint density at radius 3 is 2.61 bits per heavy atom. The number of nitrogens with zero attached hydrogens (tertiary/aromatic N) is 2. The van der Waals surface area contributed by atoms with Crippen LogP contribution in [0.2, 0.25) is 10.0 Å². The minimum Gasteiger partial charge on any atom is -0.466 e. The molecule has 0 bridgehead atoms. The highest BCUT2D eigenvalue weighted by atomic mass is 35.5. The molecule has 4 nitrogen and oxygen atoms in total. The van der Waals surface area contributed by atoms with E-state index in [1.54, 1.807) is 18.2 Å². The van der Waals surface area contributed by atoms with Crippen molar-refractivity contribution in [3.05, 3.63) is 69.3 Å². The molecule has 0 aliphatic rings. The second-order valence-electron chi connectivity index (χ2n) is 5.86. The van der Waals surface area contributed by atoms with Gasteiger partial charge in [0.1, 0.15) is 0 Å². The summed E-state index contributed by atoms with van der Waals surface area (Å²) in [6.07, 6.45) is -1.95. The van der Waals surface area contributed by atoms with Crippen LogP contribution in [0.4, 0.5) is 13.2 Å². The van der Waals surface area contributed by atoms with Gasteiger partial charge >= 0.3 is 12.1 Å². The molecule has 0 amide bonds. The molecule has 0 atom stereocenters. The average Bonchev–Trinajstić information content (AvgIpc) is 2.98. The Labute approximate surface area is 168 Å². The summed E-state index contributed by atoms with van der Waals surface area (Å²) in [6, 6.07) is 8.16. The van der Waals surface area contributed by atoms with E-state index in [0.717, 1.165) is 18.2 Å². The van der Waals surface area contributed by atoms with Crippen LogP contribution in [0.1, 0.15) is 16.8 Å². The largest absolute Gasteiger partial charge is 0.466 e. The molecule has 3 rings (SSSR count). The molecule has 1 heterocycles. The summed E-state index contributed by atoms with van der Waals surface area (Å²) in [5.74, 6) is -0.602. The quantitative estimate of drug-likeness (QED) is 0.401. The van der Waals surface area contributed by atoms with Crippen LogP contribution in [0.25, 0.3) is 17.0 Å². The Hall–Kier alpha value is -2.51. The van der Waals surface area contributed by atoms with Gasteiger partial charge in [-0.2, -0.15) is 18.3 Å². The van der Waals surface area contributed by atoms with Crippen molar-refractivity contribution in [2.45, 2.75) is 12.7 Å². The standard InChI is InChI=1S/C19H13Cl2F3N2O2/c1-28-18(27)7-6-16-14-5-3-12(19(22,23)24)8-17(14)26(25-16)10-11-2-4-13(20)9-15(11)21/h2-9H,10H2,1H3/b7-6-. The first kappa shape index (κ1) is 20.2. The molecule has 0 spiro atoms. The number of carbonyl (C=O) groups excluding carboxylic acids is 1. The maximum atomic E-state index is 13.1. The van der Waals surface area contributed by atoms with Crippen LogP contribution in [0, 0.1) is 0 Å². The highest BCUT2D eigenvalue weighted by Crippen LogP contribution is 2.33. The van der Waals surface area contributed by atoms with E-state index in [1.165, 1.54) is 23.9 Å². The molecule has 0 radical (unpaired) electrons. The second-order valence-corrected chi connectivity index (χ2v) is 6.71. The monoisotopic (exact) mass is 428 g/mol. The Kier molecular flexibility index (Phi) is 5.67. The summed E-state index contributed by atoms with van der Waals surface area (Å²) >= 11 is 12.1. The molecule has 0 aliphatic carbocycles. The van der Waals surface area contributed by atoms with E-state index in [9.17, 15) is 18.0 Å². The van der Waals surface area contributed by atoms with Crippen molar-refractivity contribution in [2.24, 2.45) is 0 Å². The zero-order valence-corrected chi connectivity index (χ0v) is 15.9. The van der Waals surface area contributed by atoms with Gasteiger partial charge in [0.2, 0.25) is 0 Å². The molecule has 2 aromatic carbocycles. The molecule has 3 aromatic rings. The lowest BCUT2D eigenvalue weighted by Gasteiger charge is -2.09. The first-order valence-electron chi connectivity index (χ1n) is 7.97. The number of benzene rings is 2. The molecular formula is C19H13Cl2F3N2O2. The van der Waals surface area contributed by atoms with Crippen LogP contribution in [0.3, 0.4) is 0 Å². The predicted octanol–water partition coefficient (Wildman–Crippen LogP) is 5.60. The van der Waals surface area contributed by atoms with Gasteiger partial charge in [-0.1, -0.05) is 29.3 Å². The highest BCUT2D eigenvalue weighted by Gasteiger charge is 2.31. The fourth-order valence-electron chi connectivity index (χ4n) is 2.65. The molecule has 0 saturated carbocycles. The average molecular weight is 429 g/mol. The summed E-state index contributed by atoms with van der Waals surface area (Å²) < 4.78 is 45.4. The van der Waals surface area contributed by atoms with Crippen LogP contribution in [0.15, 0.2) is 42.5 Å². The van der Waals surface area contributed by atoms with E-state index in [-0.39, 0.29) is 12.1 Å². The number of carbonyl (C=O) groups is 1. The molecule has 0 aliphatic heterocycles. The minimum absolute atomic E-state index is 0.125. The van der Waals surface area contributed by atoms with E-state index < -0.39 is 17.7 Å². The lowest BCUT2D eigenvalue weighted by atomic mass is 10.1. The third-order valence-electron chi connectivity index (χ3n) is 4.02. The number of halogens is 5. The highest BCUT2D eigenvalue weighted by molar-refractivity contribution is 6.35. The normalized spacial score (nSPS) is 12.1. The SMILES string of the molecule is COC(=O)/C=C\c1nn(Cc2ccc(Cl)cc2Cl)c2cc(C(F)(F)F)ccc12. The zero-order valence-electron chi connectivity index (χ0n) is 14.4. The molecule has 0 N–H and O–H groups in total. The number of rotatable bonds is 4. The lowest BCUT2D eigenvalue weighted by Crippen LogP contribution is -2.06. The zero-order chi connectivity index (χ0) is 20.5. The van der Waals surface area contributed by atoms with Crippen LogP contribution in [-0.2, 0) is 22.3 Å². The van der Waals surface area contributed by atoms with Gasteiger partial charge in [0.05, 0.1) is 30.4 Å². The Morgan fingerprint density at radius 1 is 1.21 bits per heavy atom. The number of hydrogen-bond acceptors (Lipinski definition) is 3. The van der Waals surface area contributed by atoms with Crippen LogP contribution in [0.5, 0.6) is 0 Å². The van der Waals surface area contributed by atoms with E-state index >= 15 is 0 Å². The van der Waals surface area contributed by atoms with E-state index in [0.29, 0.717) is 26.7 Å². The van der Waals surface area contributed by atoms with Crippen molar-refractivity contribution in [1.82, 2.24) is 9.78 Å². The van der Waals surface area contributed by atoms with Crippen molar-refractivity contribution in [3.8, 4) is 0 Å². The molecule has 9 heteroatoms. The summed E-state index contributed by atoms with van der Waals surface area (Å²) in [6.45, 7) is 0.125. The van der Waals surface area contributed by atoms with Gasteiger partial charge in [0, 0.05) is 21.5 Å². The summed E-state index contributed by atoms with van der Waals surface area (Å²) in [4.78, 5) is 11.4. The smallest absolute Gasteiger partial charge is 0.416 e. The third-order valence-corrected chi connectivity index (χ3v) is 4.61. The fraction of sp³-hybridized carbons (Fsp3) is 0.158. The van der Waals surface area contributed by atoms with Crippen LogP contribution < -0.4 is 0 Å². The van der Waals surface area contributed by atoms with Crippen molar-refractivity contribution >= 4 is 46.2 Å². The van der Waals surface area contributed by atoms with Crippen molar-refractivity contribution in [1.29, 1.82) is 0 Å². The molecule has 0 unspecified atom stereocenters. The van der Waals surface area contributed by atoms with Gasteiger partial charge < -0.3 is 4.74 Å². The minimum atomic E-state index is -4.50. The second kappa shape index (κ2) is 7.85. The summed E-state index contributed by atoms with van der Waals surface area (Å²) in [5.41, 5.74) is 0.424. The van der Waals surface area contributed by atoms with Crippen molar-refractivity contribution in [2.75, 3.05) is 7.11 Å². The molecule has 0 fully saturated rings. The van der Waals surface area contributed by atoms with Gasteiger partial charge in [0.25, 0.3) is 0 Å². The van der Waals surface area contributed by atoms with E-state index in [4.69, 9.17) is 23.2 Å².